The monoisotopic (exact) mass is 521 g/mol. The molecule has 7 atom stereocenters. The summed E-state index contributed by atoms with van der Waals surface area (Å²) in [6.45, 7) is -0.963. The number of aliphatic hydroxyl groups excluding tert-OH is 2. The van der Waals surface area contributed by atoms with Gasteiger partial charge in [-0.05, 0) is 0 Å². The summed E-state index contributed by atoms with van der Waals surface area (Å²) in [7, 11) is -15.7. The number of guanidine groups is 1. The average molecular weight is 521 g/mol. The Morgan fingerprint density at radius 2 is 1.84 bits per heavy atom. The summed E-state index contributed by atoms with van der Waals surface area (Å²) in [6.07, 6.45) is -5.21. The highest BCUT2D eigenvalue weighted by molar-refractivity contribution is 7.73. The number of nitrogens with zero attached hydrogens (tertiary/aromatic N) is 3. The maximum atomic E-state index is 11.9. The normalized spacial score (nSPS) is 34.0. The summed E-state index contributed by atoms with van der Waals surface area (Å²) >= 11 is 0. The van der Waals surface area contributed by atoms with Crippen molar-refractivity contribution in [2.45, 2.75) is 30.6 Å². The fourth-order valence-electron chi connectivity index (χ4n) is 2.94. The Kier molecular flexibility index (Phi) is 6.91. The fraction of sp³-hybridized carbons (Fsp3) is 0.636. The van der Waals surface area contributed by atoms with Gasteiger partial charge in [0.2, 0.25) is 5.96 Å². The molecule has 1 fully saturated rings. The van der Waals surface area contributed by atoms with Gasteiger partial charge in [0.05, 0.1) is 12.9 Å². The zero-order valence-electron chi connectivity index (χ0n) is 15.6. The zero-order valence-corrected chi connectivity index (χ0v) is 18.3. The fourth-order valence-corrected chi connectivity index (χ4v) is 7.29. The summed E-state index contributed by atoms with van der Waals surface area (Å²) in [5.74, 6) is -2.97. The first kappa shape index (κ1) is 25.2. The number of phosphoric ester groups is 1. The Bertz CT molecular complexity index is 1010. The Hall–Kier alpha value is -1.39. The number of hydrogen-bond donors (Lipinski definition) is 8. The third-order valence-corrected chi connectivity index (χ3v) is 9.40. The number of aliphatic hydroxyl groups is 2. The third kappa shape index (κ3) is 5.75. The van der Waals surface area contributed by atoms with Gasteiger partial charge in [-0.3, -0.25) is 39.1 Å². The van der Waals surface area contributed by atoms with Gasteiger partial charge in [-0.25, -0.2) is 8.88 Å². The molecule has 3 unspecified atom stereocenters. The van der Waals surface area contributed by atoms with Crippen LogP contribution in [0.2, 0.25) is 0 Å². The van der Waals surface area contributed by atoms with E-state index in [4.69, 9.17) is 19.9 Å². The molecule has 0 aromatic rings. The Balaban J connectivity index is 1.65. The standard InChI is InChI=1S/C11H18N5O13P3/c12-11-14-8-5(9(19)15-11)13-2-16(8)10-7(18)6(17)4(28-10)1-27-32(25,26)29-31(23,24)3-30(20,21)22/h2,4-7,10,17-18H,1,3H2,(H,23,24)(H,25,26)(H2,12,15,19)(H2,20,21,22)/t4-,5?,6-,7-,10-/m1/s1. The van der Waals surface area contributed by atoms with Gasteiger partial charge in [-0.15, -0.1) is 0 Å². The van der Waals surface area contributed by atoms with E-state index in [0.717, 1.165) is 11.2 Å². The summed E-state index contributed by atoms with van der Waals surface area (Å²) in [5.41, 5.74) is 0. The maximum absolute atomic E-state index is 11.9. The molecule has 0 aliphatic carbocycles. The van der Waals surface area contributed by atoms with E-state index in [1.807, 2.05) is 0 Å². The number of aliphatic imine (C=N–C) groups is 2. The molecule has 1 saturated heterocycles. The van der Waals surface area contributed by atoms with Gasteiger partial charge in [-0.2, -0.15) is 4.99 Å². The summed E-state index contributed by atoms with van der Waals surface area (Å²) in [6, 6.07) is -1.12. The molecule has 3 aliphatic rings. The van der Waals surface area contributed by atoms with E-state index in [-0.39, 0.29) is 5.84 Å². The lowest BCUT2D eigenvalue weighted by Gasteiger charge is -2.28. The van der Waals surface area contributed by atoms with Crippen LogP contribution in [0.3, 0.4) is 0 Å². The average Bonchev–Trinajstić information content (AvgIpc) is 3.12. The largest absolute Gasteiger partial charge is 0.479 e. The number of amides is 1. The van der Waals surface area contributed by atoms with Crippen molar-refractivity contribution in [2.24, 2.45) is 9.98 Å². The Morgan fingerprint density at radius 1 is 1.19 bits per heavy atom. The van der Waals surface area contributed by atoms with E-state index >= 15 is 0 Å². The van der Waals surface area contributed by atoms with Crippen LogP contribution in [0.15, 0.2) is 9.98 Å². The van der Waals surface area contributed by atoms with E-state index in [9.17, 15) is 38.5 Å². The van der Waals surface area contributed by atoms with Crippen LogP contribution in [0.25, 0.3) is 0 Å². The molecule has 3 rings (SSSR count). The quantitative estimate of drug-likeness (QED) is 0.148. The molecule has 180 valence electrons. The third-order valence-electron chi connectivity index (χ3n) is 4.17. The van der Waals surface area contributed by atoms with Crippen molar-refractivity contribution in [2.75, 3.05) is 12.5 Å². The molecule has 3 aliphatic heterocycles. The molecule has 1 amide bonds. The second-order valence-corrected chi connectivity index (χ2v) is 12.3. The van der Waals surface area contributed by atoms with Crippen LogP contribution in [0.5, 0.6) is 0 Å². The number of phosphoric acid groups is 1. The second-order valence-electron chi connectivity index (χ2n) is 6.72. The molecule has 3 heterocycles. The molecule has 0 saturated carbocycles. The molecule has 8 N–H and O–H groups in total. The van der Waals surface area contributed by atoms with Gasteiger partial charge >= 0.3 is 23.0 Å². The Morgan fingerprint density at radius 3 is 2.47 bits per heavy atom. The van der Waals surface area contributed by atoms with Gasteiger partial charge in [0.25, 0.3) is 5.91 Å². The minimum atomic E-state index is -5.36. The Labute approximate surface area is 178 Å². The number of amidine groups is 1. The van der Waals surface area contributed by atoms with Crippen LogP contribution in [-0.4, -0.2) is 102 Å². The maximum Gasteiger partial charge on any atom is 0.479 e. The smallest absolute Gasteiger partial charge is 0.387 e. The first-order valence-electron chi connectivity index (χ1n) is 8.45. The van der Waals surface area contributed by atoms with Crippen LogP contribution in [-0.2, 0) is 32.1 Å². The van der Waals surface area contributed by atoms with E-state index in [0.29, 0.717) is 0 Å². The van der Waals surface area contributed by atoms with Gasteiger partial charge in [0.1, 0.15) is 18.3 Å². The minimum absolute atomic E-state index is 0.0774. The molecule has 32 heavy (non-hydrogen) atoms. The van der Waals surface area contributed by atoms with E-state index in [1.165, 1.54) is 0 Å². The lowest BCUT2D eigenvalue weighted by Crippen LogP contribution is -2.53. The summed E-state index contributed by atoms with van der Waals surface area (Å²) in [5, 5.41) is 30.1. The van der Waals surface area contributed by atoms with Crippen molar-refractivity contribution in [3.8, 4) is 0 Å². The summed E-state index contributed by atoms with van der Waals surface area (Å²) < 4.78 is 48.0. The molecule has 0 bridgehead atoms. The van der Waals surface area contributed by atoms with Crippen molar-refractivity contribution < 1.29 is 61.8 Å². The number of ether oxygens (including phenoxy) is 1. The van der Waals surface area contributed by atoms with E-state index in [2.05, 4.69) is 24.1 Å². The van der Waals surface area contributed by atoms with Crippen LogP contribution < -0.4 is 5.32 Å². The topological polar surface area (TPSA) is 281 Å². The summed E-state index contributed by atoms with van der Waals surface area (Å²) in [4.78, 5) is 56.9. The first-order valence-corrected chi connectivity index (χ1v) is 13.5. The van der Waals surface area contributed by atoms with Crippen LogP contribution in [0, 0.1) is 5.41 Å². The predicted octanol–water partition coefficient (Wildman–Crippen LogP) is -2.94. The van der Waals surface area contributed by atoms with Gasteiger partial charge in [0.15, 0.2) is 24.0 Å². The van der Waals surface area contributed by atoms with Crippen molar-refractivity contribution in [1.82, 2.24) is 10.2 Å². The first-order chi connectivity index (χ1) is 14.6. The highest BCUT2D eigenvalue weighted by Gasteiger charge is 2.50. The number of carbonyl (C=O) groups is 1. The molecular formula is C11H18N5O13P3. The SMILES string of the molecule is N=C1N=C2C(N=CN2[C@@H]2O[C@H](COP(=O)(O)OP(=O)(O)CP(=O)(O)O)[C@@H](O)[C@H]2O)C(=O)N1. The van der Waals surface area contributed by atoms with Crippen LogP contribution >= 0.6 is 23.0 Å². The molecular weight excluding hydrogens is 503 g/mol. The van der Waals surface area contributed by atoms with Gasteiger partial charge in [-0.1, -0.05) is 0 Å². The number of rotatable bonds is 8. The molecule has 21 heteroatoms. The second kappa shape index (κ2) is 8.76. The zero-order chi connectivity index (χ0) is 24.1. The van der Waals surface area contributed by atoms with E-state index in [1.54, 1.807) is 0 Å². The number of fused-ring (bicyclic) bond motifs is 1. The lowest BCUT2D eigenvalue weighted by atomic mass is 10.1. The van der Waals surface area contributed by atoms with Crippen molar-refractivity contribution >= 4 is 47.1 Å². The van der Waals surface area contributed by atoms with Crippen molar-refractivity contribution in [3.05, 3.63) is 0 Å². The van der Waals surface area contributed by atoms with Gasteiger partial charge in [0, 0.05) is 0 Å². The number of nitrogens with one attached hydrogen (secondary N) is 2. The number of carbonyl (C=O) groups excluding carboxylic acids is 1. The van der Waals surface area contributed by atoms with Crippen molar-refractivity contribution in [1.29, 1.82) is 5.41 Å². The highest BCUT2D eigenvalue weighted by Crippen LogP contribution is 2.65. The van der Waals surface area contributed by atoms with Crippen LogP contribution in [0.4, 0.5) is 0 Å². The molecule has 0 aromatic heterocycles. The van der Waals surface area contributed by atoms with Crippen LogP contribution in [0.1, 0.15) is 0 Å². The molecule has 18 nitrogen and oxygen atoms in total. The molecule has 0 spiro atoms. The number of hydrogen-bond acceptors (Lipinski definition) is 12. The molecule has 0 aromatic carbocycles. The predicted molar refractivity (Wildman–Crippen MR) is 102 cm³/mol. The molecule has 0 radical (unpaired) electrons. The van der Waals surface area contributed by atoms with Crippen molar-refractivity contribution in [3.63, 3.8) is 0 Å². The van der Waals surface area contributed by atoms with E-state index < -0.39 is 78.0 Å². The highest BCUT2D eigenvalue weighted by atomic mass is 31.3. The lowest BCUT2D eigenvalue weighted by molar-refractivity contribution is -0.119. The minimum Gasteiger partial charge on any atom is -0.387 e. The van der Waals surface area contributed by atoms with Gasteiger partial charge < -0.3 is 34.5 Å².